The van der Waals surface area contributed by atoms with E-state index in [0.29, 0.717) is 18.7 Å². The number of anilines is 2. The Kier molecular flexibility index (Phi) is 7.90. The van der Waals surface area contributed by atoms with Gasteiger partial charge in [0.25, 0.3) is 10.0 Å². The molecule has 0 bridgehead atoms. The van der Waals surface area contributed by atoms with E-state index in [1.807, 2.05) is 51.2 Å². The fourth-order valence-corrected chi connectivity index (χ4v) is 5.20. The Bertz CT molecular complexity index is 1310. The van der Waals surface area contributed by atoms with Crippen LogP contribution in [0.25, 0.3) is 0 Å². The van der Waals surface area contributed by atoms with Gasteiger partial charge in [-0.15, -0.1) is 0 Å². The minimum absolute atomic E-state index is 0.0283. The highest BCUT2D eigenvalue weighted by Crippen LogP contribution is 2.27. The highest BCUT2D eigenvalue weighted by atomic mass is 32.2. The van der Waals surface area contributed by atoms with Crippen LogP contribution < -0.4 is 9.62 Å². The van der Waals surface area contributed by atoms with Crippen molar-refractivity contribution in [3.8, 4) is 0 Å². The molecule has 0 saturated carbocycles. The molecule has 3 aromatic rings. The van der Waals surface area contributed by atoms with Crippen LogP contribution in [-0.4, -0.2) is 42.9 Å². The average molecular weight is 499 g/mol. The maximum absolute atomic E-state index is 12.9. The summed E-state index contributed by atoms with van der Waals surface area (Å²) in [6.07, 6.45) is 0.716. The van der Waals surface area contributed by atoms with Crippen LogP contribution in [0.1, 0.15) is 59.6 Å². The van der Waals surface area contributed by atoms with Gasteiger partial charge in [0, 0.05) is 31.5 Å². The van der Waals surface area contributed by atoms with Gasteiger partial charge in [0.2, 0.25) is 0 Å². The number of hydrogen-bond donors (Lipinski definition) is 2. The zero-order valence-electron chi connectivity index (χ0n) is 21.2. The van der Waals surface area contributed by atoms with Crippen LogP contribution in [0.15, 0.2) is 47.4 Å². The summed E-state index contributed by atoms with van der Waals surface area (Å²) in [5.74, 6) is -0.835. The van der Waals surface area contributed by atoms with Gasteiger partial charge in [0.05, 0.1) is 21.8 Å². The van der Waals surface area contributed by atoms with E-state index in [4.69, 9.17) is 0 Å². The molecule has 9 heteroatoms. The zero-order chi connectivity index (χ0) is 25.9. The molecule has 0 aliphatic rings. The molecule has 0 atom stereocenters. The van der Waals surface area contributed by atoms with Crippen LogP contribution in [0.5, 0.6) is 0 Å². The predicted molar refractivity (Wildman–Crippen MR) is 139 cm³/mol. The summed E-state index contributed by atoms with van der Waals surface area (Å²) in [6, 6.07) is 11.3. The molecule has 0 amide bonds. The van der Waals surface area contributed by atoms with Crippen molar-refractivity contribution in [2.24, 2.45) is 0 Å². The number of aromatic nitrogens is 2. The van der Waals surface area contributed by atoms with E-state index in [1.165, 1.54) is 6.07 Å². The van der Waals surface area contributed by atoms with Crippen LogP contribution in [-0.2, 0) is 23.0 Å². The molecule has 0 aliphatic carbocycles. The first kappa shape index (κ1) is 26.3. The summed E-state index contributed by atoms with van der Waals surface area (Å²) in [5, 5.41) is 14.4. The fraction of sp³-hybridized carbons (Fsp3) is 0.385. The summed E-state index contributed by atoms with van der Waals surface area (Å²) >= 11 is 0. The Balaban J connectivity index is 1.80. The smallest absolute Gasteiger partial charge is 0.337 e. The highest BCUT2D eigenvalue weighted by Gasteiger charge is 2.19. The van der Waals surface area contributed by atoms with Crippen molar-refractivity contribution in [2.45, 2.75) is 58.4 Å². The third-order valence-electron chi connectivity index (χ3n) is 6.28. The van der Waals surface area contributed by atoms with Crippen molar-refractivity contribution in [1.29, 1.82) is 0 Å². The summed E-state index contributed by atoms with van der Waals surface area (Å²) < 4.78 is 30.2. The van der Waals surface area contributed by atoms with E-state index in [9.17, 15) is 18.3 Å². The number of nitrogens with zero attached hydrogens (tertiary/aromatic N) is 3. The third-order valence-corrected chi connectivity index (χ3v) is 7.67. The van der Waals surface area contributed by atoms with Gasteiger partial charge in [0.1, 0.15) is 0 Å². The Morgan fingerprint density at radius 2 is 1.80 bits per heavy atom. The molecule has 188 valence electrons. The normalized spacial score (nSPS) is 11.6. The molecular weight excluding hydrogens is 464 g/mol. The molecule has 2 aromatic carbocycles. The summed E-state index contributed by atoms with van der Waals surface area (Å²) in [4.78, 5) is 14.0. The lowest BCUT2D eigenvalue weighted by Gasteiger charge is -2.22. The minimum atomic E-state index is -3.85. The molecule has 0 unspecified atom stereocenters. The van der Waals surface area contributed by atoms with Gasteiger partial charge in [-0.25, -0.2) is 13.2 Å². The second-order valence-electron chi connectivity index (χ2n) is 9.00. The van der Waals surface area contributed by atoms with Crippen LogP contribution in [0, 0.1) is 13.8 Å². The fourth-order valence-electron chi connectivity index (χ4n) is 4.15. The van der Waals surface area contributed by atoms with E-state index in [2.05, 4.69) is 9.82 Å². The van der Waals surface area contributed by atoms with Crippen LogP contribution >= 0.6 is 0 Å². The lowest BCUT2D eigenvalue weighted by atomic mass is 10.0. The molecule has 0 spiro atoms. The number of rotatable bonds is 10. The lowest BCUT2D eigenvalue weighted by molar-refractivity contribution is 0.0697. The molecule has 35 heavy (non-hydrogen) atoms. The van der Waals surface area contributed by atoms with Gasteiger partial charge in [-0.05, 0) is 74.6 Å². The highest BCUT2D eigenvalue weighted by molar-refractivity contribution is 7.92. The number of likely N-dealkylation sites (N-methyl/N-ethyl adjacent to an activating group) is 1. The largest absolute Gasteiger partial charge is 0.478 e. The van der Waals surface area contributed by atoms with Gasteiger partial charge < -0.3 is 10.0 Å². The van der Waals surface area contributed by atoms with Crippen molar-refractivity contribution >= 4 is 27.4 Å². The first-order valence-electron chi connectivity index (χ1n) is 11.7. The minimum Gasteiger partial charge on any atom is -0.478 e. The van der Waals surface area contributed by atoms with Gasteiger partial charge in [-0.1, -0.05) is 26.0 Å². The number of carbonyl (C=O) groups is 1. The van der Waals surface area contributed by atoms with Gasteiger partial charge >= 0.3 is 5.97 Å². The number of carboxylic acid groups (broad SMARTS) is 1. The molecule has 0 aliphatic heterocycles. The van der Waals surface area contributed by atoms with E-state index >= 15 is 0 Å². The maximum Gasteiger partial charge on any atom is 0.337 e. The number of carboxylic acids is 1. The quantitative estimate of drug-likeness (QED) is 0.415. The van der Waals surface area contributed by atoms with E-state index in [0.717, 1.165) is 29.1 Å². The second kappa shape index (κ2) is 10.5. The number of sulfonamides is 1. The molecule has 3 rings (SSSR count). The van der Waals surface area contributed by atoms with Gasteiger partial charge in [0.15, 0.2) is 0 Å². The Morgan fingerprint density at radius 3 is 2.34 bits per heavy atom. The van der Waals surface area contributed by atoms with E-state index < -0.39 is 16.0 Å². The first-order valence-corrected chi connectivity index (χ1v) is 13.2. The Morgan fingerprint density at radius 1 is 1.14 bits per heavy atom. The number of aromatic carboxylic acids is 1. The molecule has 1 aromatic heterocycles. The van der Waals surface area contributed by atoms with Crippen molar-refractivity contribution in [1.82, 2.24) is 9.78 Å². The van der Waals surface area contributed by atoms with Crippen molar-refractivity contribution < 1.29 is 18.3 Å². The molecule has 2 N–H and O–H groups in total. The van der Waals surface area contributed by atoms with Crippen molar-refractivity contribution in [2.75, 3.05) is 23.2 Å². The standard InChI is InChI=1S/C26H34N4O4S/c1-7-30-19(5)23(18(4)27-30)14-15-29(6)25-13-10-21(16-24(25)26(31)32)28-35(33,34)22-11-8-20(9-12-22)17(2)3/h8-13,16-17,28H,7,14-15H2,1-6H3,(H,31,32). The summed E-state index contributed by atoms with van der Waals surface area (Å²) in [6.45, 7) is 11.5. The molecule has 1 heterocycles. The van der Waals surface area contributed by atoms with Crippen molar-refractivity contribution in [3.63, 3.8) is 0 Å². The molecule has 8 nitrogen and oxygen atoms in total. The second-order valence-corrected chi connectivity index (χ2v) is 10.7. The van der Waals surface area contributed by atoms with Crippen LogP contribution in [0.2, 0.25) is 0 Å². The Hall–Kier alpha value is -3.33. The zero-order valence-corrected chi connectivity index (χ0v) is 22.0. The monoisotopic (exact) mass is 498 g/mol. The number of hydrogen-bond acceptors (Lipinski definition) is 5. The van der Waals surface area contributed by atoms with Crippen molar-refractivity contribution in [3.05, 3.63) is 70.5 Å². The third kappa shape index (κ3) is 5.85. The summed E-state index contributed by atoms with van der Waals surface area (Å²) in [7, 11) is -2.02. The number of benzene rings is 2. The van der Waals surface area contributed by atoms with Gasteiger partial charge in [-0.2, -0.15) is 5.10 Å². The number of aryl methyl sites for hydroxylation is 2. The number of nitrogens with one attached hydrogen (secondary N) is 1. The van der Waals surface area contributed by atoms with E-state index in [-0.39, 0.29) is 22.1 Å². The molecular formula is C26H34N4O4S. The molecule has 0 radical (unpaired) electrons. The predicted octanol–water partition coefficient (Wildman–Crippen LogP) is 4.82. The first-order chi connectivity index (χ1) is 16.4. The van der Waals surface area contributed by atoms with Gasteiger partial charge in [-0.3, -0.25) is 9.40 Å². The molecule has 0 fully saturated rings. The van der Waals surface area contributed by atoms with Crippen LogP contribution in [0.3, 0.4) is 0 Å². The Labute approximate surface area is 207 Å². The van der Waals surface area contributed by atoms with Crippen LogP contribution in [0.4, 0.5) is 11.4 Å². The van der Waals surface area contributed by atoms with E-state index in [1.54, 1.807) is 36.4 Å². The lowest BCUT2D eigenvalue weighted by Crippen LogP contribution is -2.23. The average Bonchev–Trinajstić information content (AvgIpc) is 3.09. The topological polar surface area (TPSA) is 105 Å². The maximum atomic E-state index is 12.9. The molecule has 0 saturated heterocycles. The summed E-state index contributed by atoms with van der Waals surface area (Å²) in [5.41, 5.74) is 5.02. The SMILES string of the molecule is CCn1nc(C)c(CCN(C)c2ccc(NS(=O)(=O)c3ccc(C(C)C)cc3)cc2C(=O)O)c1C.